The van der Waals surface area contributed by atoms with Crippen molar-refractivity contribution in [2.45, 2.75) is 153 Å². The molecular formula is C27H58F6. The second-order valence-corrected chi connectivity index (χ2v) is 9.49. The third-order valence-corrected chi connectivity index (χ3v) is 4.20. The molecule has 0 spiro atoms. The van der Waals surface area contributed by atoms with E-state index >= 15 is 0 Å². The predicted molar refractivity (Wildman–Crippen MR) is 136 cm³/mol. The number of halogens is 6. The molecule has 0 amide bonds. The van der Waals surface area contributed by atoms with Crippen LogP contribution in [-0.2, 0) is 0 Å². The fourth-order valence-electron chi connectivity index (χ4n) is 2.21. The van der Waals surface area contributed by atoms with E-state index in [4.69, 9.17) is 0 Å². The van der Waals surface area contributed by atoms with Gasteiger partial charge in [-0.3, -0.25) is 0 Å². The highest BCUT2D eigenvalue weighted by Crippen LogP contribution is 2.26. The molecule has 0 aromatic rings. The summed E-state index contributed by atoms with van der Waals surface area (Å²) in [6, 6.07) is 0. The van der Waals surface area contributed by atoms with E-state index in [1.807, 2.05) is 13.8 Å². The van der Waals surface area contributed by atoms with Crippen LogP contribution in [0.4, 0.5) is 26.3 Å². The topological polar surface area (TPSA) is 0 Å². The van der Waals surface area contributed by atoms with Gasteiger partial charge in [0, 0.05) is 12.8 Å². The first-order valence-corrected chi connectivity index (χ1v) is 13.1. The molecule has 1 aliphatic rings. The van der Waals surface area contributed by atoms with Crippen LogP contribution in [0.2, 0.25) is 0 Å². The van der Waals surface area contributed by atoms with Gasteiger partial charge in [-0.05, 0) is 23.7 Å². The average molecular weight is 497 g/mol. The van der Waals surface area contributed by atoms with Crippen LogP contribution in [0.15, 0.2) is 0 Å². The number of hydrogen-bond donors (Lipinski definition) is 0. The Labute approximate surface area is 203 Å². The first kappa shape index (κ1) is 42.7. The van der Waals surface area contributed by atoms with Crippen molar-refractivity contribution < 1.29 is 26.3 Å². The minimum atomic E-state index is -3.98. The summed E-state index contributed by atoms with van der Waals surface area (Å²) in [6.45, 7) is 23.8. The monoisotopic (exact) mass is 496 g/mol. The highest BCUT2D eigenvalue weighted by Gasteiger charge is 2.29. The van der Waals surface area contributed by atoms with E-state index in [9.17, 15) is 26.3 Å². The van der Waals surface area contributed by atoms with E-state index < -0.39 is 25.2 Å². The molecule has 0 aromatic heterocycles. The lowest BCUT2D eigenvalue weighted by Crippen LogP contribution is -2.12. The van der Waals surface area contributed by atoms with Gasteiger partial charge in [0.1, 0.15) is 0 Å². The molecule has 0 N–H and O–H groups in total. The molecule has 1 aliphatic carbocycles. The second kappa shape index (κ2) is 27.8. The van der Waals surface area contributed by atoms with Gasteiger partial charge in [0.15, 0.2) is 0 Å². The van der Waals surface area contributed by atoms with Crippen LogP contribution in [-0.4, -0.2) is 12.4 Å². The molecule has 0 radical (unpaired) electrons. The standard InChI is InChI=1S/2C6H11F3.C6H12.C4H10.C3H8.C2H6/c2*1-3-5(2)4-6(7,8)9;1-6-4-2-3-5-6;1-4(2)3;1-3-2;1-2/h2*5H,3-4H2,1-2H3;6H,2-5H2,1H3;4H,1-3H3;3H2,1-2H3;1-2H3/t2*5-;;;;/m00..../s1. The molecule has 0 aromatic carbocycles. The van der Waals surface area contributed by atoms with Crippen LogP contribution >= 0.6 is 0 Å². The van der Waals surface area contributed by atoms with Crippen LogP contribution in [0.25, 0.3) is 0 Å². The van der Waals surface area contributed by atoms with E-state index in [0.717, 1.165) is 11.8 Å². The molecule has 1 saturated carbocycles. The summed E-state index contributed by atoms with van der Waals surface area (Å²) in [5.74, 6) is 1.42. The largest absolute Gasteiger partial charge is 0.389 e. The Bertz CT molecular complexity index is 304. The summed E-state index contributed by atoms with van der Waals surface area (Å²) in [6.07, 6.45) is -0.862. The van der Waals surface area contributed by atoms with Crippen molar-refractivity contribution in [3.8, 4) is 0 Å². The van der Waals surface area contributed by atoms with Crippen LogP contribution in [0.1, 0.15) is 141 Å². The third-order valence-electron chi connectivity index (χ3n) is 4.20. The SMILES string of the molecule is CC.CC(C)C.CC1CCCC1.CCC.CC[C@H](C)CC(F)(F)F.CC[C@H](C)CC(F)(F)F. The lowest BCUT2D eigenvalue weighted by atomic mass is 10.1. The average Bonchev–Trinajstić information content (AvgIpc) is 3.13. The van der Waals surface area contributed by atoms with Crippen LogP contribution in [0.3, 0.4) is 0 Å². The van der Waals surface area contributed by atoms with Crippen molar-refractivity contribution in [1.29, 1.82) is 0 Å². The molecule has 1 fully saturated rings. The highest BCUT2D eigenvalue weighted by molar-refractivity contribution is 4.60. The minimum Gasteiger partial charge on any atom is -0.171 e. The first-order chi connectivity index (χ1) is 14.9. The summed E-state index contributed by atoms with van der Waals surface area (Å²) in [4.78, 5) is 0. The Morgan fingerprint density at radius 2 is 0.848 bits per heavy atom. The molecule has 1 rings (SSSR count). The van der Waals surface area contributed by atoms with Crippen molar-refractivity contribution >= 4 is 0 Å². The maximum Gasteiger partial charge on any atom is 0.389 e. The van der Waals surface area contributed by atoms with Crippen molar-refractivity contribution in [1.82, 2.24) is 0 Å². The Morgan fingerprint density at radius 1 is 0.636 bits per heavy atom. The summed E-state index contributed by atoms with van der Waals surface area (Å²) in [5.41, 5.74) is 0. The zero-order valence-corrected chi connectivity index (χ0v) is 23.9. The summed E-state index contributed by atoms with van der Waals surface area (Å²) < 4.78 is 69.0. The molecule has 0 aliphatic heterocycles. The molecule has 6 heteroatoms. The molecule has 33 heavy (non-hydrogen) atoms. The normalized spacial score (nSPS) is 15.0. The van der Waals surface area contributed by atoms with E-state index in [0.29, 0.717) is 12.8 Å². The van der Waals surface area contributed by atoms with Gasteiger partial charge in [0.05, 0.1) is 0 Å². The zero-order valence-electron chi connectivity index (χ0n) is 23.9. The van der Waals surface area contributed by atoms with Crippen molar-refractivity contribution in [3.05, 3.63) is 0 Å². The fourth-order valence-corrected chi connectivity index (χ4v) is 2.21. The maximum absolute atomic E-state index is 11.5. The second-order valence-electron chi connectivity index (χ2n) is 9.49. The van der Waals surface area contributed by atoms with E-state index in [-0.39, 0.29) is 11.8 Å². The first-order valence-electron chi connectivity index (χ1n) is 13.1. The summed E-state index contributed by atoms with van der Waals surface area (Å²) in [7, 11) is 0. The number of hydrogen-bond acceptors (Lipinski definition) is 0. The van der Waals surface area contributed by atoms with E-state index in [1.165, 1.54) is 32.1 Å². The maximum atomic E-state index is 11.5. The minimum absolute atomic E-state index is 0.231. The fraction of sp³-hybridized carbons (Fsp3) is 1.00. The quantitative estimate of drug-likeness (QED) is 0.339. The van der Waals surface area contributed by atoms with Gasteiger partial charge in [-0.25, -0.2) is 0 Å². The summed E-state index contributed by atoms with van der Waals surface area (Å²) >= 11 is 0. The molecule has 0 nitrogen and oxygen atoms in total. The molecule has 2 atom stereocenters. The number of rotatable bonds is 4. The lowest BCUT2D eigenvalue weighted by Gasteiger charge is -2.10. The van der Waals surface area contributed by atoms with E-state index in [2.05, 4.69) is 41.5 Å². The zero-order chi connectivity index (χ0) is 27.7. The van der Waals surface area contributed by atoms with Crippen LogP contribution in [0.5, 0.6) is 0 Å². The van der Waals surface area contributed by atoms with Gasteiger partial charge in [0.2, 0.25) is 0 Å². The van der Waals surface area contributed by atoms with Crippen molar-refractivity contribution in [2.75, 3.05) is 0 Å². The van der Waals surface area contributed by atoms with Gasteiger partial charge in [-0.2, -0.15) is 26.3 Å². The Balaban J connectivity index is -0.000000102. The Morgan fingerprint density at radius 3 is 0.909 bits per heavy atom. The van der Waals surface area contributed by atoms with Gasteiger partial charge in [-0.1, -0.05) is 128 Å². The molecule has 0 heterocycles. The molecule has 208 valence electrons. The van der Waals surface area contributed by atoms with Gasteiger partial charge in [-0.15, -0.1) is 0 Å². The van der Waals surface area contributed by atoms with Crippen molar-refractivity contribution in [2.24, 2.45) is 23.7 Å². The molecule has 0 saturated heterocycles. The van der Waals surface area contributed by atoms with Gasteiger partial charge in [0.25, 0.3) is 0 Å². The third kappa shape index (κ3) is 65.2. The van der Waals surface area contributed by atoms with Gasteiger partial charge >= 0.3 is 12.4 Å². The smallest absolute Gasteiger partial charge is 0.171 e. The number of alkyl halides is 6. The predicted octanol–water partition coefficient (Wildman–Crippen LogP) is 12.3. The van der Waals surface area contributed by atoms with Crippen LogP contribution in [0, 0.1) is 23.7 Å². The molecule has 0 bridgehead atoms. The lowest BCUT2D eigenvalue weighted by molar-refractivity contribution is -0.144. The molecule has 0 unspecified atom stereocenters. The molecular weight excluding hydrogens is 438 g/mol. The van der Waals surface area contributed by atoms with E-state index in [1.54, 1.807) is 27.7 Å². The summed E-state index contributed by atoms with van der Waals surface area (Å²) in [5, 5.41) is 0. The Kier molecular flexibility index (Phi) is 36.0. The Hall–Kier alpha value is -0.420. The van der Waals surface area contributed by atoms with Gasteiger partial charge < -0.3 is 0 Å². The van der Waals surface area contributed by atoms with Crippen molar-refractivity contribution in [3.63, 3.8) is 0 Å². The van der Waals surface area contributed by atoms with Crippen LogP contribution < -0.4 is 0 Å². The highest BCUT2D eigenvalue weighted by atomic mass is 19.4.